The number of benzene rings is 1. The molecule has 126 valence electrons. The zero-order chi connectivity index (χ0) is 16.3. The summed E-state index contributed by atoms with van der Waals surface area (Å²) < 4.78 is 1.06. The van der Waals surface area contributed by atoms with Crippen LogP contribution in [-0.2, 0) is 10.2 Å². The fourth-order valence-corrected chi connectivity index (χ4v) is 3.76. The molecule has 2 fully saturated rings. The van der Waals surface area contributed by atoms with Crippen LogP contribution in [0, 0.1) is 5.92 Å². The van der Waals surface area contributed by atoms with Crippen molar-refractivity contribution in [3.63, 3.8) is 0 Å². The maximum atomic E-state index is 12.6. The average Bonchev–Trinajstić information content (AvgIpc) is 3.35. The van der Waals surface area contributed by atoms with E-state index in [2.05, 4.69) is 45.2 Å². The Balaban J connectivity index is 1.42. The van der Waals surface area contributed by atoms with E-state index in [1.54, 1.807) is 0 Å². The number of likely N-dealkylation sites (tertiary alicyclic amines) is 1. The summed E-state index contributed by atoms with van der Waals surface area (Å²) in [5, 5.41) is 3.17. The highest BCUT2D eigenvalue weighted by atomic mass is 79.9. The number of nitrogens with zero attached hydrogens (tertiary/aromatic N) is 1. The quantitative estimate of drug-likeness (QED) is 0.765. The Hall–Kier alpha value is -0.870. The standard InChI is InChI=1S/C19H27BrN2O/c1-15-7-13-22(14-8-15)12-2-11-21-18(23)19(9-10-19)16-3-5-17(20)6-4-16/h3-6,15H,2,7-14H2,1H3,(H,21,23). The Morgan fingerprint density at radius 1 is 1.26 bits per heavy atom. The van der Waals surface area contributed by atoms with E-state index < -0.39 is 0 Å². The molecule has 23 heavy (non-hydrogen) atoms. The summed E-state index contributed by atoms with van der Waals surface area (Å²) >= 11 is 3.46. The van der Waals surface area contributed by atoms with Crippen LogP contribution in [0.5, 0.6) is 0 Å². The van der Waals surface area contributed by atoms with Crippen LogP contribution in [0.15, 0.2) is 28.7 Å². The number of halogens is 1. The fourth-order valence-electron chi connectivity index (χ4n) is 3.50. The molecule has 1 N–H and O–H groups in total. The van der Waals surface area contributed by atoms with Gasteiger partial charge >= 0.3 is 0 Å². The normalized spacial score (nSPS) is 21.1. The molecular weight excluding hydrogens is 352 g/mol. The molecule has 1 aliphatic heterocycles. The van der Waals surface area contributed by atoms with Crippen LogP contribution in [0.1, 0.15) is 44.6 Å². The molecular formula is C19H27BrN2O. The molecule has 0 aromatic heterocycles. The van der Waals surface area contributed by atoms with E-state index in [0.717, 1.165) is 48.3 Å². The summed E-state index contributed by atoms with van der Waals surface area (Å²) in [6.45, 7) is 6.69. The molecule has 1 aromatic rings. The second-order valence-corrected chi connectivity index (χ2v) is 8.14. The highest BCUT2D eigenvalue weighted by molar-refractivity contribution is 9.10. The topological polar surface area (TPSA) is 32.3 Å². The average molecular weight is 379 g/mol. The second kappa shape index (κ2) is 7.35. The van der Waals surface area contributed by atoms with Crippen LogP contribution in [0.3, 0.4) is 0 Å². The molecule has 0 atom stereocenters. The highest BCUT2D eigenvalue weighted by Gasteiger charge is 2.50. The van der Waals surface area contributed by atoms with Crippen molar-refractivity contribution in [2.24, 2.45) is 5.92 Å². The molecule has 4 heteroatoms. The molecule has 0 bridgehead atoms. The van der Waals surface area contributed by atoms with E-state index in [9.17, 15) is 4.79 Å². The zero-order valence-electron chi connectivity index (χ0n) is 14.0. The third-order valence-corrected chi connectivity index (χ3v) is 5.92. The third kappa shape index (κ3) is 4.16. The van der Waals surface area contributed by atoms with Crippen molar-refractivity contribution in [2.45, 2.75) is 44.4 Å². The van der Waals surface area contributed by atoms with Gasteiger partial charge < -0.3 is 10.2 Å². The Morgan fingerprint density at radius 3 is 2.52 bits per heavy atom. The van der Waals surface area contributed by atoms with Gasteiger partial charge in [-0.05, 0) is 75.4 Å². The van der Waals surface area contributed by atoms with Gasteiger partial charge in [0.2, 0.25) is 5.91 Å². The summed E-state index contributed by atoms with van der Waals surface area (Å²) in [7, 11) is 0. The number of carbonyl (C=O) groups is 1. The summed E-state index contributed by atoms with van der Waals surface area (Å²) in [5.41, 5.74) is 0.907. The van der Waals surface area contributed by atoms with Gasteiger partial charge in [-0.2, -0.15) is 0 Å². The Morgan fingerprint density at radius 2 is 1.91 bits per heavy atom. The fraction of sp³-hybridized carbons (Fsp3) is 0.632. The van der Waals surface area contributed by atoms with E-state index >= 15 is 0 Å². The van der Waals surface area contributed by atoms with Gasteiger partial charge in [-0.25, -0.2) is 0 Å². The molecule has 1 saturated carbocycles. The minimum absolute atomic E-state index is 0.215. The number of amides is 1. The van der Waals surface area contributed by atoms with Crippen molar-refractivity contribution < 1.29 is 4.79 Å². The van der Waals surface area contributed by atoms with E-state index in [1.165, 1.54) is 25.9 Å². The van der Waals surface area contributed by atoms with Crippen LogP contribution in [-0.4, -0.2) is 37.0 Å². The van der Waals surface area contributed by atoms with Crippen molar-refractivity contribution in [1.82, 2.24) is 10.2 Å². The van der Waals surface area contributed by atoms with E-state index in [0.29, 0.717) is 0 Å². The number of hydrogen-bond donors (Lipinski definition) is 1. The number of nitrogens with one attached hydrogen (secondary N) is 1. The largest absolute Gasteiger partial charge is 0.355 e. The van der Waals surface area contributed by atoms with Gasteiger partial charge in [-0.3, -0.25) is 4.79 Å². The predicted octanol–water partition coefficient (Wildman–Crippen LogP) is 3.72. The summed E-state index contributed by atoms with van der Waals surface area (Å²) in [5.74, 6) is 1.10. The van der Waals surface area contributed by atoms with Gasteiger partial charge in [0.15, 0.2) is 0 Å². The SMILES string of the molecule is CC1CCN(CCCNC(=O)C2(c3ccc(Br)cc3)CC2)CC1. The highest BCUT2D eigenvalue weighted by Crippen LogP contribution is 2.48. The first-order valence-electron chi connectivity index (χ1n) is 8.87. The van der Waals surface area contributed by atoms with Crippen molar-refractivity contribution in [2.75, 3.05) is 26.2 Å². The van der Waals surface area contributed by atoms with Crippen LogP contribution in [0.25, 0.3) is 0 Å². The Labute approximate surface area is 148 Å². The second-order valence-electron chi connectivity index (χ2n) is 7.22. The minimum Gasteiger partial charge on any atom is -0.355 e. The zero-order valence-corrected chi connectivity index (χ0v) is 15.6. The number of rotatable bonds is 6. The van der Waals surface area contributed by atoms with E-state index in [4.69, 9.17) is 0 Å². The maximum Gasteiger partial charge on any atom is 0.230 e. The molecule has 3 nitrogen and oxygen atoms in total. The third-order valence-electron chi connectivity index (χ3n) is 5.39. The summed E-state index contributed by atoms with van der Waals surface area (Å²) in [4.78, 5) is 15.1. The van der Waals surface area contributed by atoms with Crippen molar-refractivity contribution in [3.8, 4) is 0 Å². The molecule has 0 unspecified atom stereocenters. The molecule has 1 heterocycles. The molecule has 0 spiro atoms. The van der Waals surface area contributed by atoms with Crippen LogP contribution < -0.4 is 5.32 Å². The van der Waals surface area contributed by atoms with Crippen LogP contribution in [0.2, 0.25) is 0 Å². The van der Waals surface area contributed by atoms with Crippen LogP contribution >= 0.6 is 15.9 Å². The molecule has 1 amide bonds. The lowest BCUT2D eigenvalue weighted by Crippen LogP contribution is -2.38. The molecule has 1 saturated heterocycles. The summed E-state index contributed by atoms with van der Waals surface area (Å²) in [6, 6.07) is 8.21. The number of carbonyl (C=O) groups excluding carboxylic acids is 1. The van der Waals surface area contributed by atoms with Crippen molar-refractivity contribution in [1.29, 1.82) is 0 Å². The Bertz CT molecular complexity index is 531. The minimum atomic E-state index is -0.249. The molecule has 2 aliphatic rings. The first-order chi connectivity index (χ1) is 11.1. The smallest absolute Gasteiger partial charge is 0.230 e. The molecule has 0 radical (unpaired) electrons. The van der Waals surface area contributed by atoms with E-state index in [-0.39, 0.29) is 11.3 Å². The van der Waals surface area contributed by atoms with E-state index in [1.807, 2.05) is 12.1 Å². The molecule has 3 rings (SSSR count). The first-order valence-corrected chi connectivity index (χ1v) is 9.66. The van der Waals surface area contributed by atoms with Crippen LogP contribution in [0.4, 0.5) is 0 Å². The molecule has 1 aliphatic carbocycles. The van der Waals surface area contributed by atoms with Crippen molar-refractivity contribution in [3.05, 3.63) is 34.3 Å². The predicted molar refractivity (Wildman–Crippen MR) is 97.5 cm³/mol. The Kier molecular flexibility index (Phi) is 5.42. The maximum absolute atomic E-state index is 12.6. The van der Waals surface area contributed by atoms with Gasteiger partial charge in [0.05, 0.1) is 5.41 Å². The van der Waals surface area contributed by atoms with Gasteiger partial charge in [0.25, 0.3) is 0 Å². The van der Waals surface area contributed by atoms with Crippen molar-refractivity contribution >= 4 is 21.8 Å². The lowest BCUT2D eigenvalue weighted by molar-refractivity contribution is -0.123. The first kappa shape index (κ1) is 17.0. The lowest BCUT2D eigenvalue weighted by atomic mass is 9.95. The van der Waals surface area contributed by atoms with Gasteiger partial charge in [-0.15, -0.1) is 0 Å². The monoisotopic (exact) mass is 378 g/mol. The van der Waals surface area contributed by atoms with Gasteiger partial charge in [0, 0.05) is 11.0 Å². The molecule has 1 aromatic carbocycles. The van der Waals surface area contributed by atoms with Gasteiger partial charge in [-0.1, -0.05) is 35.0 Å². The number of hydrogen-bond acceptors (Lipinski definition) is 2. The summed E-state index contributed by atoms with van der Waals surface area (Å²) in [6.07, 6.45) is 5.64. The van der Waals surface area contributed by atoms with Gasteiger partial charge in [0.1, 0.15) is 0 Å². The number of piperidine rings is 1. The lowest BCUT2D eigenvalue weighted by Gasteiger charge is -2.30.